The molecule has 0 aliphatic carbocycles. The number of azo groups is 3. The van der Waals surface area contributed by atoms with Gasteiger partial charge in [0.05, 0.1) is 49.6 Å². The Hall–Kier alpha value is -4.08. The quantitative estimate of drug-likeness (QED) is 0.0720. The van der Waals surface area contributed by atoms with Crippen LogP contribution in [-0.4, -0.2) is 25.9 Å². The molecule has 51 heavy (non-hydrogen) atoms. The van der Waals surface area contributed by atoms with Crippen molar-refractivity contribution in [3.05, 3.63) is 96.6 Å². The third kappa shape index (κ3) is 10.3. The van der Waals surface area contributed by atoms with Gasteiger partial charge in [0.25, 0.3) is 0 Å². The molecule has 0 aliphatic heterocycles. The minimum absolute atomic E-state index is 0. The molecule has 16 nitrogen and oxygen atoms in total. The molecule has 0 fully saturated rings. The number of hydrogen-bond donors (Lipinski definition) is 4. The topological polar surface area (TPSA) is 293 Å². The summed E-state index contributed by atoms with van der Waals surface area (Å²) in [5.74, 6) is 0. The Labute approximate surface area is 337 Å². The normalized spacial score (nSPS) is 11.9. The summed E-state index contributed by atoms with van der Waals surface area (Å²) in [5.41, 5.74) is 27.9. The second-order valence-electron chi connectivity index (χ2n) is 10.4. The Bertz CT molecular complexity index is 2370. The van der Waals surface area contributed by atoms with Crippen LogP contribution in [0.15, 0.2) is 131 Å². The molecule has 0 saturated carbocycles. The van der Waals surface area contributed by atoms with E-state index in [4.69, 9.17) is 22.9 Å². The number of benzene rings is 5. The molecule has 250 valence electrons. The Balaban J connectivity index is 0.00000351. The van der Waals surface area contributed by atoms with Gasteiger partial charge in [0.1, 0.15) is 37.3 Å². The number of nitrogens with two attached hydrogens (primary N) is 4. The van der Waals surface area contributed by atoms with Gasteiger partial charge in [0.2, 0.25) is 0 Å². The predicted octanol–water partition coefficient (Wildman–Crippen LogP) is 1.05. The van der Waals surface area contributed by atoms with Gasteiger partial charge in [-0.2, -0.15) is 15.3 Å². The van der Waals surface area contributed by atoms with E-state index in [0.717, 1.165) is 29.3 Å². The van der Waals surface area contributed by atoms with Gasteiger partial charge in [-0.15, -0.1) is 15.3 Å². The van der Waals surface area contributed by atoms with Crippen LogP contribution in [0, 0.1) is 6.92 Å². The van der Waals surface area contributed by atoms with Gasteiger partial charge in [-0.05, 0) is 90.3 Å². The summed E-state index contributed by atoms with van der Waals surface area (Å²) in [6, 6.07) is 23.1. The molecule has 0 heterocycles. The van der Waals surface area contributed by atoms with Crippen molar-refractivity contribution in [2.75, 3.05) is 22.9 Å². The Morgan fingerprint density at radius 1 is 0.510 bits per heavy atom. The van der Waals surface area contributed by atoms with Crippen LogP contribution in [0.2, 0.25) is 0 Å². The summed E-state index contributed by atoms with van der Waals surface area (Å²) >= 11 is 0. The van der Waals surface area contributed by atoms with Crippen LogP contribution in [0.1, 0.15) is 5.56 Å². The van der Waals surface area contributed by atoms with E-state index in [-0.39, 0.29) is 104 Å². The largest absolute Gasteiger partial charge is 1.00 e. The molecule has 5 rings (SSSR count). The van der Waals surface area contributed by atoms with Crippen molar-refractivity contribution < 1.29 is 85.1 Å². The van der Waals surface area contributed by atoms with Gasteiger partial charge in [-0.25, -0.2) is 16.8 Å². The summed E-state index contributed by atoms with van der Waals surface area (Å²) in [6.07, 6.45) is 0. The number of rotatable bonds is 9. The molecule has 0 aliphatic rings. The first-order valence-electron chi connectivity index (χ1n) is 14.0. The summed E-state index contributed by atoms with van der Waals surface area (Å²) in [6.45, 7) is 1.53. The van der Waals surface area contributed by atoms with Gasteiger partial charge in [-0.3, -0.25) is 0 Å². The minimum atomic E-state index is -4.84. The molecule has 0 spiro atoms. The third-order valence-electron chi connectivity index (χ3n) is 7.00. The van der Waals surface area contributed by atoms with E-state index in [1.54, 1.807) is 36.4 Å². The molecule has 8 N–H and O–H groups in total. The van der Waals surface area contributed by atoms with Crippen molar-refractivity contribution in [2.24, 2.45) is 30.7 Å². The zero-order chi connectivity index (χ0) is 35.5. The smallest absolute Gasteiger partial charge is 0.744 e. The van der Waals surface area contributed by atoms with Gasteiger partial charge in [0, 0.05) is 0 Å². The van der Waals surface area contributed by atoms with Crippen LogP contribution < -0.4 is 82.0 Å². The standard InChI is InChI=1S/C31H28N10O6S2.2Na/c1-17-14-28(49(45,46)47)30(35)31(29(17)34)41-38-21-8-4-19(5-9-21)18-2-6-20(7-3-18)36-39-26-16-27(25(33)15-24(26)32)40-37-22-10-12-23(13-11-22)48(42,43)44;;/h2-16H,32-35H2,1H3,(H,42,43,44)(H,45,46,47);;/q;2*+1/p-2. The van der Waals surface area contributed by atoms with Gasteiger partial charge >= 0.3 is 59.1 Å². The molecule has 0 radical (unpaired) electrons. The molecule has 0 unspecified atom stereocenters. The molecule has 0 atom stereocenters. The second kappa shape index (κ2) is 17.0. The van der Waals surface area contributed by atoms with Crippen LogP contribution in [0.5, 0.6) is 0 Å². The number of nitrogens with zero attached hydrogens (tertiary/aromatic N) is 6. The molecule has 20 heteroatoms. The Morgan fingerprint density at radius 3 is 1.33 bits per heavy atom. The third-order valence-corrected chi connectivity index (χ3v) is 8.72. The number of aryl methyl sites for hydroxylation is 1. The molecule has 0 aromatic heterocycles. The number of anilines is 4. The van der Waals surface area contributed by atoms with E-state index >= 15 is 0 Å². The maximum absolute atomic E-state index is 11.6. The number of nitrogen functional groups attached to an aromatic ring is 4. The monoisotopic (exact) mass is 744 g/mol. The van der Waals surface area contributed by atoms with Crippen molar-refractivity contribution in [1.29, 1.82) is 0 Å². The van der Waals surface area contributed by atoms with Gasteiger partial charge < -0.3 is 32.0 Å². The van der Waals surface area contributed by atoms with Crippen LogP contribution in [0.3, 0.4) is 0 Å². The minimum Gasteiger partial charge on any atom is -0.744 e. The Morgan fingerprint density at radius 2 is 0.922 bits per heavy atom. The maximum Gasteiger partial charge on any atom is 1.00 e. The van der Waals surface area contributed by atoms with Crippen LogP contribution in [-0.2, 0) is 20.2 Å². The zero-order valence-corrected chi connectivity index (χ0v) is 33.1. The van der Waals surface area contributed by atoms with E-state index in [1.165, 1.54) is 31.2 Å². The fraction of sp³-hybridized carbons (Fsp3) is 0.0323. The zero-order valence-electron chi connectivity index (χ0n) is 27.4. The second-order valence-corrected chi connectivity index (χ2v) is 13.2. The SMILES string of the molecule is Cc1cc(S(=O)(=O)[O-])c(N)c(N=Nc2ccc(-c3ccc(N=Nc4cc(N=Nc5ccc(S(=O)(=O)[O-])cc5)c(N)cc4N)cc3)cc2)c1N.[Na+].[Na+]. The van der Waals surface area contributed by atoms with Crippen molar-refractivity contribution in [2.45, 2.75) is 16.7 Å². The first-order valence-corrected chi connectivity index (χ1v) is 16.8. The Kier molecular flexibility index (Phi) is 13.7. The van der Waals surface area contributed by atoms with Gasteiger partial charge in [0.15, 0.2) is 0 Å². The summed E-state index contributed by atoms with van der Waals surface area (Å²) < 4.78 is 68.1. The fourth-order valence-electron chi connectivity index (χ4n) is 4.35. The van der Waals surface area contributed by atoms with Crippen LogP contribution in [0.4, 0.5) is 56.9 Å². The van der Waals surface area contributed by atoms with E-state index in [1.807, 2.05) is 12.1 Å². The summed E-state index contributed by atoms with van der Waals surface area (Å²) in [7, 11) is -9.42. The van der Waals surface area contributed by atoms with Crippen molar-refractivity contribution in [3.63, 3.8) is 0 Å². The summed E-state index contributed by atoms with van der Waals surface area (Å²) in [5, 5.41) is 24.7. The van der Waals surface area contributed by atoms with E-state index in [0.29, 0.717) is 22.6 Å². The van der Waals surface area contributed by atoms with Crippen LogP contribution >= 0.6 is 0 Å². The van der Waals surface area contributed by atoms with Crippen LogP contribution in [0.25, 0.3) is 11.1 Å². The molecular formula is C31H26N10Na2O6S2. The number of hydrogen-bond acceptors (Lipinski definition) is 16. The van der Waals surface area contributed by atoms with Crippen molar-refractivity contribution in [3.8, 4) is 11.1 Å². The van der Waals surface area contributed by atoms with Crippen molar-refractivity contribution >= 4 is 77.1 Å². The average molecular weight is 745 g/mol. The molecule has 0 amide bonds. The molecule has 5 aromatic rings. The van der Waals surface area contributed by atoms with E-state index in [9.17, 15) is 25.9 Å². The van der Waals surface area contributed by atoms with Crippen molar-refractivity contribution in [1.82, 2.24) is 0 Å². The molecule has 0 saturated heterocycles. The first-order chi connectivity index (χ1) is 23.1. The predicted molar refractivity (Wildman–Crippen MR) is 182 cm³/mol. The van der Waals surface area contributed by atoms with Gasteiger partial charge in [-0.1, -0.05) is 24.3 Å². The maximum atomic E-state index is 11.6. The van der Waals surface area contributed by atoms with E-state index in [2.05, 4.69) is 30.7 Å². The molecule has 5 aromatic carbocycles. The fourth-order valence-corrected chi connectivity index (χ4v) is 5.51. The molecular weight excluding hydrogens is 719 g/mol. The average Bonchev–Trinajstić information content (AvgIpc) is 3.05. The van der Waals surface area contributed by atoms with E-state index < -0.39 is 25.1 Å². The first kappa shape index (κ1) is 41.3. The summed E-state index contributed by atoms with van der Waals surface area (Å²) in [4.78, 5) is -0.997. The molecule has 0 bridgehead atoms.